The lowest BCUT2D eigenvalue weighted by Gasteiger charge is -2.36. The Kier molecular flexibility index (Phi) is 14.1. The highest BCUT2D eigenvalue weighted by Gasteiger charge is 2.31. The largest absolute Gasteiger partial charge is 0.477 e. The predicted molar refractivity (Wildman–Crippen MR) is 219 cm³/mol. The zero-order valence-electron chi connectivity index (χ0n) is 34.5. The lowest BCUT2D eigenvalue weighted by Crippen LogP contribution is -2.50. The standard InChI is InChI=1S/C22H30N4O4.C20H26N4O4/c1-5-29-20(27)18-17(15-16-9-7-6-8-10-16)19(24-23-18)25-11-13-26(14-12-25)21(28)30-22(2,3)4;1-20(2,3)28-19(27)24-11-9-23(10-12-24)17-15(16(18(25)26)21-22-17)13-14-7-5-4-6-8-14/h6-10H,5,11-15H2,1-4H3,(H,23,24);4-8H,9-13H2,1-3H3,(H,21,22)(H,25,26). The molecule has 16 nitrogen and oxygen atoms in total. The molecule has 2 fully saturated rings. The van der Waals surface area contributed by atoms with Gasteiger partial charge in [-0.25, -0.2) is 19.2 Å². The van der Waals surface area contributed by atoms with E-state index >= 15 is 0 Å². The Hall–Kier alpha value is -6.06. The predicted octanol–water partition coefficient (Wildman–Crippen LogP) is 5.99. The molecule has 0 unspecified atom stereocenters. The second kappa shape index (κ2) is 18.9. The number of rotatable bonds is 9. The molecule has 4 heterocycles. The van der Waals surface area contributed by atoms with Crippen LogP contribution in [-0.2, 0) is 27.1 Å². The van der Waals surface area contributed by atoms with Crippen LogP contribution in [0.25, 0.3) is 0 Å². The van der Waals surface area contributed by atoms with Crippen LogP contribution in [0.1, 0.15) is 91.7 Å². The molecule has 4 aromatic rings. The molecule has 2 aliphatic heterocycles. The van der Waals surface area contributed by atoms with E-state index in [1.54, 1.807) is 16.7 Å². The summed E-state index contributed by atoms with van der Waals surface area (Å²) in [6.45, 7) is 17.6. The molecule has 2 aromatic carbocycles. The fourth-order valence-electron chi connectivity index (χ4n) is 6.57. The monoisotopic (exact) mass is 800 g/mol. The van der Waals surface area contributed by atoms with Gasteiger partial charge in [0.1, 0.15) is 22.6 Å². The van der Waals surface area contributed by atoms with E-state index in [2.05, 4.69) is 25.3 Å². The number of aromatic nitrogens is 4. The van der Waals surface area contributed by atoms with Crippen molar-refractivity contribution < 1.29 is 38.5 Å². The Labute approximate surface area is 339 Å². The SMILES string of the molecule is CC(C)(C)OC(=O)N1CCN(c2n[nH]c(C(=O)O)c2Cc2ccccc2)CC1.CCOC(=O)c1[nH]nc(N2CCN(C(=O)OC(C)(C)C)CC2)c1Cc1ccccc1. The summed E-state index contributed by atoms with van der Waals surface area (Å²) < 4.78 is 16.1. The average Bonchev–Trinajstić information content (AvgIpc) is 3.79. The van der Waals surface area contributed by atoms with Crippen molar-refractivity contribution in [2.24, 2.45) is 0 Å². The van der Waals surface area contributed by atoms with Gasteiger partial charge in [-0.2, -0.15) is 10.2 Å². The zero-order valence-corrected chi connectivity index (χ0v) is 34.5. The van der Waals surface area contributed by atoms with Crippen LogP contribution in [0.5, 0.6) is 0 Å². The van der Waals surface area contributed by atoms with E-state index in [1.165, 1.54) is 0 Å². The normalized spacial score (nSPS) is 14.7. The smallest absolute Gasteiger partial charge is 0.410 e. The number of piperazine rings is 2. The van der Waals surface area contributed by atoms with Crippen molar-refractivity contribution in [1.29, 1.82) is 0 Å². The van der Waals surface area contributed by atoms with Gasteiger partial charge in [0.15, 0.2) is 11.6 Å². The highest BCUT2D eigenvalue weighted by Crippen LogP contribution is 2.28. The molecule has 2 aliphatic rings. The van der Waals surface area contributed by atoms with Crippen molar-refractivity contribution >= 4 is 35.8 Å². The molecular formula is C42H56N8O8. The van der Waals surface area contributed by atoms with Gasteiger partial charge in [-0.05, 0) is 59.6 Å². The zero-order chi connectivity index (χ0) is 42.0. The number of carboxylic acid groups (broad SMARTS) is 1. The summed E-state index contributed by atoms with van der Waals surface area (Å²) in [5, 5.41) is 23.8. The first-order chi connectivity index (χ1) is 27.5. The third-order valence-electron chi connectivity index (χ3n) is 9.29. The Morgan fingerprint density at radius 1 is 0.621 bits per heavy atom. The topological polar surface area (TPSA) is 187 Å². The van der Waals surface area contributed by atoms with Crippen molar-refractivity contribution in [1.82, 2.24) is 30.2 Å². The highest BCUT2D eigenvalue weighted by atomic mass is 16.6. The van der Waals surface area contributed by atoms with Gasteiger partial charge in [-0.3, -0.25) is 10.2 Å². The van der Waals surface area contributed by atoms with Gasteiger partial charge in [0.05, 0.1) is 6.61 Å². The number of carbonyl (C=O) groups excluding carboxylic acids is 3. The number of carbonyl (C=O) groups is 4. The maximum atomic E-state index is 12.4. The summed E-state index contributed by atoms with van der Waals surface area (Å²) in [4.78, 5) is 56.1. The average molecular weight is 801 g/mol. The number of anilines is 2. The quantitative estimate of drug-likeness (QED) is 0.133. The van der Waals surface area contributed by atoms with E-state index < -0.39 is 23.1 Å². The van der Waals surface area contributed by atoms with Gasteiger partial charge in [-0.15, -0.1) is 0 Å². The number of aromatic amines is 2. The summed E-state index contributed by atoms with van der Waals surface area (Å²) in [7, 11) is 0. The number of aromatic carboxylic acids is 1. The molecule has 58 heavy (non-hydrogen) atoms. The molecule has 0 spiro atoms. The number of amides is 2. The van der Waals surface area contributed by atoms with Crippen molar-refractivity contribution in [2.75, 3.05) is 68.8 Å². The van der Waals surface area contributed by atoms with Crippen molar-refractivity contribution in [3.63, 3.8) is 0 Å². The second-order valence-electron chi connectivity index (χ2n) is 16.1. The van der Waals surface area contributed by atoms with E-state index in [0.29, 0.717) is 88.9 Å². The number of hydrogen-bond donors (Lipinski definition) is 3. The molecule has 312 valence electrons. The first-order valence-electron chi connectivity index (χ1n) is 19.6. The molecule has 2 amide bonds. The fraction of sp³-hybridized carbons (Fsp3) is 0.476. The summed E-state index contributed by atoms with van der Waals surface area (Å²) in [5.41, 5.74) is 3.00. The van der Waals surface area contributed by atoms with Crippen LogP contribution in [0.2, 0.25) is 0 Å². The van der Waals surface area contributed by atoms with Crippen LogP contribution in [0.4, 0.5) is 21.2 Å². The van der Waals surface area contributed by atoms with Crippen LogP contribution in [-0.4, -0.2) is 130 Å². The minimum atomic E-state index is -1.03. The first kappa shape index (κ1) is 43.1. The fourth-order valence-corrected chi connectivity index (χ4v) is 6.57. The molecule has 3 N–H and O–H groups in total. The third-order valence-corrected chi connectivity index (χ3v) is 9.29. The Balaban J connectivity index is 0.000000221. The molecule has 0 aliphatic carbocycles. The molecule has 2 aromatic heterocycles. The highest BCUT2D eigenvalue weighted by molar-refractivity contribution is 5.91. The molecule has 6 rings (SSSR count). The number of benzene rings is 2. The Morgan fingerprint density at radius 3 is 1.36 bits per heavy atom. The van der Waals surface area contributed by atoms with E-state index in [-0.39, 0.29) is 17.9 Å². The maximum absolute atomic E-state index is 12.4. The van der Waals surface area contributed by atoms with Gasteiger partial charge in [0, 0.05) is 76.3 Å². The molecular weight excluding hydrogens is 745 g/mol. The van der Waals surface area contributed by atoms with Gasteiger partial charge in [0.25, 0.3) is 0 Å². The Bertz CT molecular complexity index is 1990. The summed E-state index contributed by atoms with van der Waals surface area (Å²) in [6, 6.07) is 19.6. The number of carboxylic acids is 1. The van der Waals surface area contributed by atoms with Crippen LogP contribution in [0.3, 0.4) is 0 Å². The van der Waals surface area contributed by atoms with Crippen LogP contribution in [0, 0.1) is 0 Å². The van der Waals surface area contributed by atoms with Crippen LogP contribution < -0.4 is 9.80 Å². The summed E-state index contributed by atoms with van der Waals surface area (Å²) >= 11 is 0. The number of nitrogens with zero attached hydrogens (tertiary/aromatic N) is 6. The minimum absolute atomic E-state index is 0.105. The maximum Gasteiger partial charge on any atom is 0.410 e. The third kappa shape index (κ3) is 11.7. The van der Waals surface area contributed by atoms with Crippen LogP contribution in [0.15, 0.2) is 60.7 Å². The van der Waals surface area contributed by atoms with Crippen molar-refractivity contribution in [3.05, 3.63) is 94.3 Å². The van der Waals surface area contributed by atoms with E-state index in [1.807, 2.05) is 107 Å². The molecule has 0 saturated carbocycles. The molecule has 2 saturated heterocycles. The minimum Gasteiger partial charge on any atom is -0.477 e. The van der Waals surface area contributed by atoms with E-state index in [9.17, 15) is 24.3 Å². The number of hydrogen-bond acceptors (Lipinski definition) is 11. The number of nitrogens with one attached hydrogen (secondary N) is 2. The number of H-pyrrole nitrogens is 2. The van der Waals surface area contributed by atoms with Gasteiger partial charge < -0.3 is 38.9 Å². The van der Waals surface area contributed by atoms with E-state index in [4.69, 9.17) is 14.2 Å². The molecule has 16 heteroatoms. The van der Waals surface area contributed by atoms with Gasteiger partial charge >= 0.3 is 24.1 Å². The molecule has 0 radical (unpaired) electrons. The summed E-state index contributed by atoms with van der Waals surface area (Å²) in [5.74, 6) is -0.0810. The molecule has 0 bridgehead atoms. The lowest BCUT2D eigenvalue weighted by atomic mass is 10.0. The molecule has 0 atom stereocenters. The number of esters is 1. The van der Waals surface area contributed by atoms with Crippen molar-refractivity contribution in [2.45, 2.75) is 72.5 Å². The van der Waals surface area contributed by atoms with Gasteiger partial charge in [-0.1, -0.05) is 60.7 Å². The Morgan fingerprint density at radius 2 is 1.00 bits per heavy atom. The second-order valence-corrected chi connectivity index (χ2v) is 16.1. The van der Waals surface area contributed by atoms with Crippen molar-refractivity contribution in [3.8, 4) is 0 Å². The van der Waals surface area contributed by atoms with Gasteiger partial charge in [0.2, 0.25) is 0 Å². The van der Waals surface area contributed by atoms with E-state index in [0.717, 1.165) is 22.5 Å². The first-order valence-corrected chi connectivity index (χ1v) is 19.6. The summed E-state index contributed by atoms with van der Waals surface area (Å²) in [6.07, 6.45) is 0.402. The van der Waals surface area contributed by atoms with Crippen LogP contribution >= 0.6 is 0 Å². The lowest BCUT2D eigenvalue weighted by molar-refractivity contribution is 0.0230. The number of ether oxygens (including phenoxy) is 3.